The van der Waals surface area contributed by atoms with Crippen LogP contribution in [0.25, 0.3) is 0 Å². The van der Waals surface area contributed by atoms with Gasteiger partial charge in [-0.15, -0.1) is 0 Å². The van der Waals surface area contributed by atoms with Crippen LogP contribution in [-0.4, -0.2) is 46.7 Å². The van der Waals surface area contributed by atoms with Crippen LogP contribution in [0.3, 0.4) is 0 Å². The standard InChI is InChI=1S/C11H20N6OS/c1-5-7(2)13-9-14-10(17(3)4)16-11(15-9)19-6-8(12)18/h7H,5-6H2,1-4H3,(H2,12,18)(H,13,14,15,16). The fourth-order valence-corrected chi connectivity index (χ4v) is 1.70. The van der Waals surface area contributed by atoms with E-state index in [1.807, 2.05) is 14.1 Å². The molecule has 1 unspecified atom stereocenters. The van der Waals surface area contributed by atoms with E-state index in [1.54, 1.807) is 4.90 Å². The lowest BCUT2D eigenvalue weighted by Gasteiger charge is -2.15. The van der Waals surface area contributed by atoms with Crippen LogP contribution in [0.15, 0.2) is 5.16 Å². The molecule has 0 saturated heterocycles. The van der Waals surface area contributed by atoms with E-state index in [2.05, 4.69) is 34.1 Å². The highest BCUT2D eigenvalue weighted by Crippen LogP contribution is 2.17. The van der Waals surface area contributed by atoms with Gasteiger partial charge >= 0.3 is 0 Å². The van der Waals surface area contributed by atoms with Crippen molar-refractivity contribution < 1.29 is 4.79 Å². The van der Waals surface area contributed by atoms with Crippen LogP contribution in [-0.2, 0) is 4.79 Å². The van der Waals surface area contributed by atoms with Crippen molar-refractivity contribution in [3.63, 3.8) is 0 Å². The van der Waals surface area contributed by atoms with Crippen molar-refractivity contribution in [2.45, 2.75) is 31.5 Å². The first-order valence-corrected chi connectivity index (χ1v) is 7.02. The molecule has 0 spiro atoms. The van der Waals surface area contributed by atoms with Crippen molar-refractivity contribution in [2.24, 2.45) is 5.73 Å². The number of hydrogen-bond acceptors (Lipinski definition) is 7. The van der Waals surface area contributed by atoms with Crippen LogP contribution in [0.5, 0.6) is 0 Å². The van der Waals surface area contributed by atoms with Crippen molar-refractivity contribution >= 4 is 29.6 Å². The Hall–Kier alpha value is -1.57. The highest BCUT2D eigenvalue weighted by atomic mass is 32.2. The minimum absolute atomic E-state index is 0.152. The summed E-state index contributed by atoms with van der Waals surface area (Å²) in [6.45, 7) is 4.13. The van der Waals surface area contributed by atoms with Crippen molar-refractivity contribution in [1.82, 2.24) is 15.0 Å². The molecule has 0 aromatic carbocycles. The molecule has 1 atom stereocenters. The van der Waals surface area contributed by atoms with Gasteiger partial charge in [-0.3, -0.25) is 4.79 Å². The summed E-state index contributed by atoms with van der Waals surface area (Å²) in [5.74, 6) is 0.820. The smallest absolute Gasteiger partial charge is 0.230 e. The van der Waals surface area contributed by atoms with Gasteiger partial charge in [-0.05, 0) is 13.3 Å². The Balaban J connectivity index is 2.93. The second-order valence-corrected chi connectivity index (χ2v) is 5.29. The molecule has 0 aliphatic carbocycles. The van der Waals surface area contributed by atoms with Crippen molar-refractivity contribution in [2.75, 3.05) is 30.1 Å². The first-order chi connectivity index (χ1) is 8.92. The van der Waals surface area contributed by atoms with Crippen LogP contribution >= 0.6 is 11.8 Å². The van der Waals surface area contributed by atoms with E-state index in [-0.39, 0.29) is 11.8 Å². The summed E-state index contributed by atoms with van der Waals surface area (Å²) >= 11 is 1.21. The van der Waals surface area contributed by atoms with E-state index in [9.17, 15) is 4.79 Å². The normalized spacial score (nSPS) is 12.0. The number of carbonyl (C=O) groups excluding carboxylic acids is 1. The molecule has 1 heterocycles. The number of primary amides is 1. The summed E-state index contributed by atoms with van der Waals surface area (Å²) in [5.41, 5.74) is 5.12. The third-order valence-corrected chi connectivity index (χ3v) is 3.20. The lowest BCUT2D eigenvalue weighted by molar-refractivity contribution is -0.115. The number of amides is 1. The molecule has 1 aromatic heterocycles. The third-order valence-electron chi connectivity index (χ3n) is 2.33. The first kappa shape index (κ1) is 15.5. The maximum absolute atomic E-state index is 10.8. The van der Waals surface area contributed by atoms with E-state index in [4.69, 9.17) is 5.73 Å². The molecular weight excluding hydrogens is 264 g/mol. The molecule has 0 radical (unpaired) electrons. The predicted molar refractivity (Wildman–Crippen MR) is 77.4 cm³/mol. The van der Waals surface area contributed by atoms with Crippen molar-refractivity contribution in [1.29, 1.82) is 0 Å². The molecule has 0 fully saturated rings. The van der Waals surface area contributed by atoms with Gasteiger partial charge in [-0.25, -0.2) is 0 Å². The monoisotopic (exact) mass is 284 g/mol. The van der Waals surface area contributed by atoms with Gasteiger partial charge < -0.3 is 16.0 Å². The number of nitrogens with one attached hydrogen (secondary N) is 1. The zero-order valence-corrected chi connectivity index (χ0v) is 12.5. The molecule has 19 heavy (non-hydrogen) atoms. The molecule has 7 nitrogen and oxygen atoms in total. The maximum Gasteiger partial charge on any atom is 0.230 e. The molecule has 0 saturated carbocycles. The van der Waals surface area contributed by atoms with E-state index in [1.165, 1.54) is 11.8 Å². The van der Waals surface area contributed by atoms with Crippen molar-refractivity contribution in [3.05, 3.63) is 0 Å². The Bertz CT molecular complexity index is 439. The Morgan fingerprint density at radius 2 is 2.11 bits per heavy atom. The minimum Gasteiger partial charge on any atom is -0.369 e. The number of thioether (sulfide) groups is 1. The van der Waals surface area contributed by atoms with Gasteiger partial charge in [0, 0.05) is 20.1 Å². The summed E-state index contributed by atoms with van der Waals surface area (Å²) < 4.78 is 0. The number of aromatic nitrogens is 3. The highest BCUT2D eigenvalue weighted by molar-refractivity contribution is 7.99. The van der Waals surface area contributed by atoms with Gasteiger partial charge in [-0.2, -0.15) is 15.0 Å². The van der Waals surface area contributed by atoms with Gasteiger partial charge in [-0.1, -0.05) is 18.7 Å². The number of nitrogens with zero attached hydrogens (tertiary/aromatic N) is 4. The van der Waals surface area contributed by atoms with E-state index >= 15 is 0 Å². The molecule has 1 rings (SSSR count). The number of rotatable bonds is 7. The zero-order chi connectivity index (χ0) is 14.4. The Morgan fingerprint density at radius 3 is 2.63 bits per heavy atom. The van der Waals surface area contributed by atoms with Gasteiger partial charge in [0.25, 0.3) is 0 Å². The largest absolute Gasteiger partial charge is 0.369 e. The van der Waals surface area contributed by atoms with Crippen LogP contribution < -0.4 is 16.0 Å². The molecule has 3 N–H and O–H groups in total. The van der Waals surface area contributed by atoms with Gasteiger partial charge in [0.15, 0.2) is 5.16 Å². The summed E-state index contributed by atoms with van der Waals surface area (Å²) in [5, 5.41) is 3.69. The van der Waals surface area contributed by atoms with E-state index in [0.29, 0.717) is 17.1 Å². The number of carbonyl (C=O) groups is 1. The van der Waals surface area contributed by atoms with Crippen LogP contribution in [0.4, 0.5) is 11.9 Å². The predicted octanol–water partition coefficient (Wildman–Crippen LogP) is 0.725. The molecule has 0 aliphatic heterocycles. The van der Waals surface area contributed by atoms with E-state index < -0.39 is 5.91 Å². The number of anilines is 2. The molecule has 8 heteroatoms. The average molecular weight is 284 g/mol. The molecule has 0 aliphatic rings. The summed E-state index contributed by atoms with van der Waals surface area (Å²) in [6, 6.07) is 0.270. The zero-order valence-electron chi connectivity index (χ0n) is 11.7. The molecule has 1 aromatic rings. The minimum atomic E-state index is -0.395. The summed E-state index contributed by atoms with van der Waals surface area (Å²) in [4.78, 5) is 25.4. The quantitative estimate of drug-likeness (QED) is 0.712. The average Bonchev–Trinajstić information content (AvgIpc) is 2.35. The molecule has 106 valence electrons. The Morgan fingerprint density at radius 1 is 1.42 bits per heavy atom. The lowest BCUT2D eigenvalue weighted by atomic mass is 10.3. The fourth-order valence-electron chi connectivity index (χ4n) is 1.13. The van der Waals surface area contributed by atoms with Crippen LogP contribution in [0, 0.1) is 0 Å². The molecule has 1 amide bonds. The van der Waals surface area contributed by atoms with Gasteiger partial charge in [0.1, 0.15) is 0 Å². The van der Waals surface area contributed by atoms with Crippen molar-refractivity contribution in [3.8, 4) is 0 Å². The summed E-state index contributed by atoms with van der Waals surface area (Å²) in [6.07, 6.45) is 0.965. The topological polar surface area (TPSA) is 97.0 Å². The second kappa shape index (κ2) is 7.13. The maximum atomic E-state index is 10.8. The van der Waals surface area contributed by atoms with Crippen LogP contribution in [0.1, 0.15) is 20.3 Å². The second-order valence-electron chi connectivity index (χ2n) is 4.34. The first-order valence-electron chi connectivity index (χ1n) is 6.03. The fraction of sp³-hybridized carbons (Fsp3) is 0.636. The third kappa shape index (κ3) is 5.29. The molecule has 0 bridgehead atoms. The Kier molecular flexibility index (Phi) is 5.81. The van der Waals surface area contributed by atoms with E-state index in [0.717, 1.165) is 6.42 Å². The van der Waals surface area contributed by atoms with Gasteiger partial charge in [0.05, 0.1) is 5.75 Å². The number of hydrogen-bond donors (Lipinski definition) is 2. The Labute approximate surface area is 117 Å². The van der Waals surface area contributed by atoms with Crippen LogP contribution in [0.2, 0.25) is 0 Å². The summed E-state index contributed by atoms with van der Waals surface area (Å²) in [7, 11) is 3.70. The molecular formula is C11H20N6OS. The van der Waals surface area contributed by atoms with Gasteiger partial charge in [0.2, 0.25) is 17.8 Å². The highest BCUT2D eigenvalue weighted by Gasteiger charge is 2.11. The number of nitrogens with two attached hydrogens (primary N) is 1. The lowest BCUT2D eigenvalue weighted by Crippen LogP contribution is -2.20. The SMILES string of the molecule is CCC(C)Nc1nc(SCC(N)=O)nc(N(C)C)n1.